The number of carbonyl (C=O) groups excluding carboxylic acids is 1. The van der Waals surface area contributed by atoms with Crippen LogP contribution >= 0.6 is 11.6 Å². The summed E-state index contributed by atoms with van der Waals surface area (Å²) in [4.78, 5) is 26.0. The summed E-state index contributed by atoms with van der Waals surface area (Å²) in [6.07, 6.45) is -1.17. The zero-order valence-corrected chi connectivity index (χ0v) is 18.3. The molecular weight excluding hydrogens is 443 g/mol. The van der Waals surface area contributed by atoms with Gasteiger partial charge in [-0.2, -0.15) is 0 Å². The van der Waals surface area contributed by atoms with Crippen LogP contribution in [0.15, 0.2) is 18.2 Å². The van der Waals surface area contributed by atoms with E-state index in [4.69, 9.17) is 11.6 Å². The van der Waals surface area contributed by atoms with Gasteiger partial charge in [-0.1, -0.05) is 18.2 Å². The van der Waals surface area contributed by atoms with Crippen molar-refractivity contribution in [1.82, 2.24) is 19.8 Å². The summed E-state index contributed by atoms with van der Waals surface area (Å²) in [5, 5.41) is 3.11. The molecule has 5 rings (SSSR count). The number of carbonyl (C=O) groups is 1. The van der Waals surface area contributed by atoms with E-state index in [1.807, 2.05) is 0 Å². The molecule has 2 bridgehead atoms. The number of halogens is 4. The van der Waals surface area contributed by atoms with Crippen LogP contribution in [0.3, 0.4) is 0 Å². The summed E-state index contributed by atoms with van der Waals surface area (Å²) in [7, 11) is 0. The summed E-state index contributed by atoms with van der Waals surface area (Å²) in [5.41, 5.74) is 0.524. The highest BCUT2D eigenvalue weighted by Gasteiger charge is 2.51. The Bertz CT molecular complexity index is 1070. The van der Waals surface area contributed by atoms with Crippen molar-refractivity contribution in [3.63, 3.8) is 0 Å². The molecule has 1 atom stereocenters. The molecule has 0 radical (unpaired) electrons. The Morgan fingerprint density at radius 1 is 1.19 bits per heavy atom. The Hall–Kier alpha value is -2.39. The lowest BCUT2D eigenvalue weighted by atomic mass is 9.83. The third kappa shape index (κ3) is 3.51. The summed E-state index contributed by atoms with van der Waals surface area (Å²) in [5.74, 6) is -0.426. The Kier molecular flexibility index (Phi) is 5.28. The van der Waals surface area contributed by atoms with Crippen LogP contribution in [-0.2, 0) is 17.9 Å². The molecule has 0 unspecified atom stereocenters. The van der Waals surface area contributed by atoms with Crippen molar-refractivity contribution in [3.8, 4) is 0 Å². The van der Waals surface area contributed by atoms with Gasteiger partial charge in [-0.3, -0.25) is 4.79 Å². The second-order valence-electron chi connectivity index (χ2n) is 8.90. The lowest BCUT2D eigenvalue weighted by Crippen LogP contribution is -2.41. The van der Waals surface area contributed by atoms with Gasteiger partial charge in [-0.15, -0.1) is 0 Å². The third-order valence-electron chi connectivity index (χ3n) is 6.95. The van der Waals surface area contributed by atoms with Crippen LogP contribution in [0.2, 0.25) is 5.28 Å². The van der Waals surface area contributed by atoms with Crippen molar-refractivity contribution < 1.29 is 18.0 Å². The number of fused-ring (bicyclic) bond motifs is 3. The fraction of sp³-hybridized carbons (Fsp3) is 0.500. The number of nitrogens with zero attached hydrogens (tertiary/aromatic N) is 4. The van der Waals surface area contributed by atoms with Crippen LogP contribution in [0.1, 0.15) is 54.6 Å². The molecule has 4 heterocycles. The fourth-order valence-corrected chi connectivity index (χ4v) is 5.37. The second kappa shape index (κ2) is 7.88. The predicted octanol–water partition coefficient (Wildman–Crippen LogP) is 4.32. The van der Waals surface area contributed by atoms with E-state index in [1.54, 1.807) is 11.8 Å². The summed E-state index contributed by atoms with van der Waals surface area (Å²) >= 11 is 6.13. The standard InChI is InChI=1S/C22H23ClF3N5O/c1-12(13-3-2-4-14(17(13)24)18(25)26)27-19-15-9-31(10-16(15)28-21(23)29-19)20(32)22-5-7-30(11-22)8-6-22/h2-4,12,18H,5-11H2,1H3,(H,27,28,29)/t12-/m1/s1. The van der Waals surface area contributed by atoms with E-state index in [2.05, 4.69) is 20.2 Å². The summed E-state index contributed by atoms with van der Waals surface area (Å²) < 4.78 is 40.8. The minimum atomic E-state index is -2.90. The highest BCUT2D eigenvalue weighted by Crippen LogP contribution is 2.43. The highest BCUT2D eigenvalue weighted by atomic mass is 35.5. The first-order valence-electron chi connectivity index (χ1n) is 10.7. The molecule has 0 saturated carbocycles. The van der Waals surface area contributed by atoms with E-state index in [-0.39, 0.29) is 22.2 Å². The van der Waals surface area contributed by atoms with E-state index in [9.17, 15) is 18.0 Å². The van der Waals surface area contributed by atoms with Crippen molar-refractivity contribution in [2.45, 2.75) is 45.3 Å². The monoisotopic (exact) mass is 465 g/mol. The van der Waals surface area contributed by atoms with Crippen molar-refractivity contribution in [3.05, 3.63) is 51.7 Å². The maximum absolute atomic E-state index is 14.6. The molecule has 1 N–H and O–H groups in total. The first kappa shape index (κ1) is 21.5. The lowest BCUT2D eigenvalue weighted by molar-refractivity contribution is -0.141. The van der Waals surface area contributed by atoms with E-state index in [0.717, 1.165) is 44.1 Å². The van der Waals surface area contributed by atoms with Crippen LogP contribution in [0.25, 0.3) is 0 Å². The van der Waals surface area contributed by atoms with Gasteiger partial charge in [-0.05, 0) is 44.5 Å². The average molecular weight is 466 g/mol. The van der Waals surface area contributed by atoms with E-state index < -0.39 is 23.8 Å². The molecule has 0 spiro atoms. The number of piperidine rings is 1. The quantitative estimate of drug-likeness (QED) is 0.666. The van der Waals surface area contributed by atoms with Crippen molar-refractivity contribution >= 4 is 23.3 Å². The average Bonchev–Trinajstić information content (AvgIpc) is 3.48. The molecule has 2 saturated heterocycles. The van der Waals surface area contributed by atoms with Gasteiger partial charge in [0.25, 0.3) is 6.43 Å². The molecule has 6 nitrogen and oxygen atoms in total. The predicted molar refractivity (Wildman–Crippen MR) is 113 cm³/mol. The molecule has 3 aliphatic heterocycles. The van der Waals surface area contributed by atoms with Gasteiger partial charge in [0.15, 0.2) is 0 Å². The minimum Gasteiger partial charge on any atom is -0.363 e. The van der Waals surface area contributed by atoms with E-state index in [0.29, 0.717) is 24.6 Å². The maximum Gasteiger partial charge on any atom is 0.266 e. The van der Waals surface area contributed by atoms with Gasteiger partial charge in [0.05, 0.1) is 35.8 Å². The number of anilines is 1. The molecule has 0 aliphatic carbocycles. The molecule has 1 aromatic carbocycles. The molecule has 2 fully saturated rings. The number of hydrogen-bond acceptors (Lipinski definition) is 5. The van der Waals surface area contributed by atoms with Crippen LogP contribution in [0.5, 0.6) is 0 Å². The largest absolute Gasteiger partial charge is 0.363 e. The first-order valence-corrected chi connectivity index (χ1v) is 11.1. The topological polar surface area (TPSA) is 61.4 Å². The van der Waals surface area contributed by atoms with Crippen molar-refractivity contribution in [2.24, 2.45) is 5.41 Å². The molecule has 2 aromatic rings. The fourth-order valence-electron chi connectivity index (χ4n) is 5.18. The normalized spacial score (nSPS) is 24.8. The third-order valence-corrected chi connectivity index (χ3v) is 7.12. The molecular formula is C22H23ClF3N5O. The second-order valence-corrected chi connectivity index (χ2v) is 9.24. The Morgan fingerprint density at radius 2 is 1.91 bits per heavy atom. The van der Waals surface area contributed by atoms with Gasteiger partial charge in [0, 0.05) is 17.7 Å². The number of nitrogens with one attached hydrogen (secondary N) is 1. The number of rotatable bonds is 5. The van der Waals surface area contributed by atoms with Crippen LogP contribution in [0.4, 0.5) is 19.0 Å². The summed E-state index contributed by atoms with van der Waals surface area (Å²) in [6, 6.07) is 3.29. The molecule has 32 heavy (non-hydrogen) atoms. The van der Waals surface area contributed by atoms with Crippen LogP contribution in [-0.4, -0.2) is 45.3 Å². The van der Waals surface area contributed by atoms with Gasteiger partial charge in [-0.25, -0.2) is 23.1 Å². The highest BCUT2D eigenvalue weighted by molar-refractivity contribution is 6.28. The summed E-state index contributed by atoms with van der Waals surface area (Å²) in [6.45, 7) is 5.04. The lowest BCUT2D eigenvalue weighted by Gasteiger charge is -2.29. The molecule has 3 aliphatic rings. The number of hydrogen-bond donors (Lipinski definition) is 1. The van der Waals surface area contributed by atoms with Gasteiger partial charge >= 0.3 is 0 Å². The smallest absolute Gasteiger partial charge is 0.266 e. The molecule has 1 aromatic heterocycles. The van der Waals surface area contributed by atoms with Gasteiger partial charge in [0.2, 0.25) is 11.2 Å². The van der Waals surface area contributed by atoms with Gasteiger partial charge in [0.1, 0.15) is 11.6 Å². The number of aromatic nitrogens is 2. The Morgan fingerprint density at radius 3 is 2.56 bits per heavy atom. The first-order chi connectivity index (χ1) is 15.3. The van der Waals surface area contributed by atoms with Crippen LogP contribution in [0, 0.1) is 11.2 Å². The molecule has 170 valence electrons. The Balaban J connectivity index is 1.39. The zero-order chi connectivity index (χ0) is 22.6. The SMILES string of the molecule is C[C@@H](Nc1nc(Cl)nc2c1CN(C(=O)C13CCN(CC1)C3)C2)c1cccc(C(F)F)c1F. The van der Waals surface area contributed by atoms with E-state index in [1.165, 1.54) is 12.1 Å². The van der Waals surface area contributed by atoms with Crippen LogP contribution < -0.4 is 5.32 Å². The van der Waals surface area contributed by atoms with Crippen molar-refractivity contribution in [1.29, 1.82) is 0 Å². The number of alkyl halides is 2. The number of benzene rings is 1. The zero-order valence-electron chi connectivity index (χ0n) is 17.5. The minimum absolute atomic E-state index is 0.0145. The molecule has 1 amide bonds. The number of amides is 1. The molecule has 10 heteroatoms. The van der Waals surface area contributed by atoms with Gasteiger partial charge < -0.3 is 15.1 Å². The maximum atomic E-state index is 14.6. The van der Waals surface area contributed by atoms with E-state index >= 15 is 0 Å². The van der Waals surface area contributed by atoms with Crippen molar-refractivity contribution in [2.75, 3.05) is 25.0 Å². The Labute approximate surface area is 188 Å².